The van der Waals surface area contributed by atoms with Gasteiger partial charge in [-0.15, -0.1) is 0 Å². The molecule has 0 aliphatic carbocycles. The van der Waals surface area contributed by atoms with Gasteiger partial charge in [0.2, 0.25) is 0 Å². The number of carbonyl (C=O) groups is 5. The molecule has 1 aromatic rings. The molecule has 1 saturated heterocycles. The van der Waals surface area contributed by atoms with Crippen LogP contribution >= 0.6 is 0 Å². The van der Waals surface area contributed by atoms with Gasteiger partial charge in [0.25, 0.3) is 0 Å². The number of ketones is 1. The number of rotatable bonds is 5. The van der Waals surface area contributed by atoms with Crippen molar-refractivity contribution in [3.05, 3.63) is 34.9 Å². The normalized spacial score (nSPS) is 15.2. The summed E-state index contributed by atoms with van der Waals surface area (Å²) < 4.78 is 101. The molecule has 50 heavy (non-hydrogen) atoms. The van der Waals surface area contributed by atoms with Crippen molar-refractivity contribution in [2.45, 2.75) is 70.6 Å². The van der Waals surface area contributed by atoms with Gasteiger partial charge < -0.3 is 30.3 Å². The number of Topliss-reactive ketones (excluding diaryl/α,β-unsaturated/α-hetero) is 1. The fraction of sp³-hybridized carbons (Fsp3) is 0.621. The van der Waals surface area contributed by atoms with Crippen LogP contribution in [-0.4, -0.2) is 125 Å². The van der Waals surface area contributed by atoms with Gasteiger partial charge in [-0.3, -0.25) is 9.69 Å². The van der Waals surface area contributed by atoms with Gasteiger partial charge in [-0.1, -0.05) is 12.1 Å². The first-order valence-corrected chi connectivity index (χ1v) is 14.6. The summed E-state index contributed by atoms with van der Waals surface area (Å²) in [7, 11) is 0. The Bertz CT molecular complexity index is 1230. The molecule has 0 spiro atoms. The Hall–Kier alpha value is -4.14. The van der Waals surface area contributed by atoms with Gasteiger partial charge in [0, 0.05) is 38.2 Å². The summed E-state index contributed by atoms with van der Waals surface area (Å²) in [5, 5.41) is 24.8. The maximum absolute atomic E-state index is 12.6. The second kappa shape index (κ2) is 19.9. The van der Waals surface area contributed by atoms with Gasteiger partial charge in [-0.2, -0.15) is 39.5 Å². The van der Waals surface area contributed by atoms with Crippen molar-refractivity contribution in [2.24, 2.45) is 0 Å². The van der Waals surface area contributed by atoms with E-state index >= 15 is 0 Å². The number of carboxylic acids is 3. The molecule has 3 rings (SSSR count). The Morgan fingerprint density at radius 3 is 1.54 bits per heavy atom. The molecule has 0 bridgehead atoms. The van der Waals surface area contributed by atoms with E-state index in [1.807, 2.05) is 26.8 Å². The topological polar surface area (TPSA) is 174 Å². The summed E-state index contributed by atoms with van der Waals surface area (Å²) in [6.07, 6.45) is -12.0. The molecule has 0 unspecified atom stereocenters. The Morgan fingerprint density at radius 2 is 1.14 bits per heavy atom. The molecule has 2 aliphatic heterocycles. The zero-order chi connectivity index (χ0) is 39.1. The minimum Gasteiger partial charge on any atom is -0.475 e. The van der Waals surface area contributed by atoms with Crippen molar-refractivity contribution in [3.8, 4) is 0 Å². The highest BCUT2D eigenvalue weighted by Crippen LogP contribution is 2.18. The summed E-state index contributed by atoms with van der Waals surface area (Å²) in [5.41, 5.74) is 3.08. The maximum atomic E-state index is 12.6. The third-order valence-electron chi connectivity index (χ3n) is 6.30. The fourth-order valence-corrected chi connectivity index (χ4v) is 3.94. The van der Waals surface area contributed by atoms with Crippen molar-refractivity contribution in [1.29, 1.82) is 0 Å². The molecule has 1 amide bonds. The quantitative estimate of drug-likeness (QED) is 0.241. The number of piperazine rings is 1. The number of nitrogens with one attached hydrogen (secondary N) is 1. The van der Waals surface area contributed by atoms with Crippen molar-refractivity contribution in [2.75, 3.05) is 45.8 Å². The van der Waals surface area contributed by atoms with Crippen molar-refractivity contribution < 1.29 is 83.5 Å². The highest BCUT2D eigenvalue weighted by Gasteiger charge is 2.39. The van der Waals surface area contributed by atoms with Crippen LogP contribution in [0, 0.1) is 0 Å². The second-order valence-corrected chi connectivity index (χ2v) is 11.5. The van der Waals surface area contributed by atoms with Crippen LogP contribution < -0.4 is 5.32 Å². The Balaban J connectivity index is 0.000000928. The average Bonchev–Trinajstić information content (AvgIpc) is 3.21. The van der Waals surface area contributed by atoms with E-state index in [2.05, 4.69) is 22.3 Å². The monoisotopic (exact) mass is 743 g/mol. The van der Waals surface area contributed by atoms with E-state index in [0.29, 0.717) is 19.5 Å². The Labute approximate surface area is 280 Å². The average molecular weight is 744 g/mol. The second-order valence-electron chi connectivity index (χ2n) is 11.5. The van der Waals surface area contributed by atoms with E-state index in [0.717, 1.165) is 57.5 Å². The number of fused-ring (bicyclic) bond motifs is 1. The van der Waals surface area contributed by atoms with E-state index in [9.17, 15) is 49.1 Å². The maximum Gasteiger partial charge on any atom is 0.490 e. The van der Waals surface area contributed by atoms with E-state index < -0.39 is 42.0 Å². The number of ether oxygens (including phenoxy) is 1. The van der Waals surface area contributed by atoms with Crippen molar-refractivity contribution in [1.82, 2.24) is 15.1 Å². The molecule has 2 heterocycles. The number of nitrogens with zero attached hydrogens (tertiary/aromatic N) is 2. The number of halogens is 9. The molecule has 0 saturated carbocycles. The largest absolute Gasteiger partial charge is 0.490 e. The lowest BCUT2D eigenvalue weighted by Crippen LogP contribution is -2.50. The molecule has 1 fully saturated rings. The van der Waals surface area contributed by atoms with Gasteiger partial charge in [0.1, 0.15) is 5.60 Å². The minimum atomic E-state index is -5.08. The van der Waals surface area contributed by atoms with Gasteiger partial charge in [0.15, 0.2) is 5.78 Å². The van der Waals surface area contributed by atoms with E-state index in [-0.39, 0.29) is 11.9 Å². The number of aliphatic carboxylic acids is 3. The molecule has 2 aliphatic rings. The standard InChI is InChI=1S/C23H35N3O3.3C2HF3O2/c1-23(2,3)29-22(28)26-15-13-25(14-16-26)12-4-5-21(27)20-7-6-18-8-10-24-11-9-19(18)17-20;3*3-2(4,5)1(6)7/h6-7,17,24H,4-5,8-16H2,1-3H3;3*(H,6,7). The number of carboxylic acid groups (broad SMARTS) is 3. The lowest BCUT2D eigenvalue weighted by atomic mass is 9.97. The summed E-state index contributed by atoms with van der Waals surface area (Å²) in [5.74, 6) is -8.04. The minimum absolute atomic E-state index is 0.231. The lowest BCUT2D eigenvalue weighted by molar-refractivity contribution is -0.193. The van der Waals surface area contributed by atoms with E-state index in [1.165, 1.54) is 11.1 Å². The SMILES string of the molecule is CC(C)(C)OC(=O)N1CCN(CCCC(=O)c2ccc3c(c2)CCNCC3)CC1.O=C(O)C(F)(F)F.O=C(O)C(F)(F)F.O=C(O)C(F)(F)F. The van der Waals surface area contributed by atoms with E-state index in [4.69, 9.17) is 34.4 Å². The number of alkyl halides is 9. The van der Waals surface area contributed by atoms with Crippen LogP contribution in [0.5, 0.6) is 0 Å². The molecular formula is C29H38F9N3O9. The Morgan fingerprint density at radius 1 is 0.720 bits per heavy atom. The zero-order valence-corrected chi connectivity index (χ0v) is 27.1. The van der Waals surface area contributed by atoms with Gasteiger partial charge >= 0.3 is 42.5 Å². The van der Waals surface area contributed by atoms with Crippen LogP contribution in [0.1, 0.15) is 55.1 Å². The predicted octanol–water partition coefficient (Wildman–Crippen LogP) is 4.79. The number of carbonyl (C=O) groups excluding carboxylic acids is 2. The molecule has 0 aromatic heterocycles. The summed E-state index contributed by atoms with van der Waals surface area (Å²) in [6, 6.07) is 6.22. The molecule has 4 N–H and O–H groups in total. The Kier molecular flexibility index (Phi) is 18.2. The number of hydrogen-bond donors (Lipinski definition) is 4. The molecular weight excluding hydrogens is 705 g/mol. The summed E-state index contributed by atoms with van der Waals surface area (Å²) in [4.78, 5) is 55.6. The highest BCUT2D eigenvalue weighted by atomic mass is 19.4. The number of amides is 1. The van der Waals surface area contributed by atoms with Crippen LogP contribution in [-0.2, 0) is 32.0 Å². The van der Waals surface area contributed by atoms with E-state index in [1.54, 1.807) is 4.90 Å². The first-order chi connectivity index (χ1) is 22.6. The van der Waals surface area contributed by atoms with Crippen molar-refractivity contribution >= 4 is 29.8 Å². The third kappa shape index (κ3) is 19.8. The predicted molar refractivity (Wildman–Crippen MR) is 156 cm³/mol. The smallest absolute Gasteiger partial charge is 0.475 e. The zero-order valence-electron chi connectivity index (χ0n) is 27.1. The van der Waals surface area contributed by atoms with Gasteiger partial charge in [0.05, 0.1) is 0 Å². The van der Waals surface area contributed by atoms with Crippen LogP contribution in [0.25, 0.3) is 0 Å². The molecule has 21 heteroatoms. The molecule has 12 nitrogen and oxygen atoms in total. The molecule has 286 valence electrons. The lowest BCUT2D eigenvalue weighted by Gasteiger charge is -2.35. The van der Waals surface area contributed by atoms with Gasteiger partial charge in [-0.25, -0.2) is 19.2 Å². The highest BCUT2D eigenvalue weighted by molar-refractivity contribution is 5.96. The third-order valence-corrected chi connectivity index (χ3v) is 6.30. The van der Waals surface area contributed by atoms with Crippen LogP contribution in [0.3, 0.4) is 0 Å². The fourth-order valence-electron chi connectivity index (χ4n) is 3.94. The first-order valence-electron chi connectivity index (χ1n) is 14.6. The molecule has 0 radical (unpaired) electrons. The number of benzene rings is 1. The van der Waals surface area contributed by atoms with Crippen LogP contribution in [0.15, 0.2) is 18.2 Å². The molecule has 0 atom stereocenters. The first kappa shape index (κ1) is 45.9. The molecule has 1 aromatic carbocycles. The van der Waals surface area contributed by atoms with Gasteiger partial charge in [-0.05, 0) is 76.9 Å². The van der Waals surface area contributed by atoms with Crippen molar-refractivity contribution in [3.63, 3.8) is 0 Å². The summed E-state index contributed by atoms with van der Waals surface area (Å²) >= 11 is 0. The number of hydrogen-bond acceptors (Lipinski definition) is 8. The summed E-state index contributed by atoms with van der Waals surface area (Å²) in [6.45, 7) is 11.6. The van der Waals surface area contributed by atoms with Crippen LogP contribution in [0.2, 0.25) is 0 Å². The van der Waals surface area contributed by atoms with Crippen LogP contribution in [0.4, 0.5) is 44.3 Å².